The first kappa shape index (κ1) is 9.02. The number of hydrogen-bond acceptors (Lipinski definition) is 4. The van der Waals surface area contributed by atoms with Crippen molar-refractivity contribution < 1.29 is 4.79 Å². The summed E-state index contributed by atoms with van der Waals surface area (Å²) in [6.45, 7) is 0. The van der Waals surface area contributed by atoms with Gasteiger partial charge in [-0.05, 0) is 12.1 Å². The van der Waals surface area contributed by atoms with Gasteiger partial charge in [0.15, 0.2) is 5.78 Å². The van der Waals surface area contributed by atoms with Crippen LogP contribution in [0.3, 0.4) is 0 Å². The molecule has 0 saturated carbocycles. The molecule has 0 aliphatic rings. The Morgan fingerprint density at radius 2 is 2.29 bits per heavy atom. The van der Waals surface area contributed by atoms with E-state index in [0.29, 0.717) is 12.1 Å². The molecule has 0 unspecified atom stereocenters. The molecule has 0 fully saturated rings. The summed E-state index contributed by atoms with van der Waals surface area (Å²) >= 11 is 1.43. The van der Waals surface area contributed by atoms with Crippen LogP contribution in [0.15, 0.2) is 35.3 Å². The number of carbonyl (C=O) groups excluding carboxylic acids is 1. The summed E-state index contributed by atoms with van der Waals surface area (Å²) in [7, 11) is 0. The van der Waals surface area contributed by atoms with E-state index in [4.69, 9.17) is 0 Å². The van der Waals surface area contributed by atoms with Crippen molar-refractivity contribution in [2.24, 2.45) is 0 Å². The summed E-state index contributed by atoms with van der Waals surface area (Å²) in [4.78, 5) is 19.6. The van der Waals surface area contributed by atoms with Gasteiger partial charge in [0.2, 0.25) is 0 Å². The summed E-state index contributed by atoms with van der Waals surface area (Å²) in [6, 6.07) is 5.54. The molecule has 2 rings (SSSR count). The lowest BCUT2D eigenvalue weighted by molar-refractivity contribution is 0.0988. The van der Waals surface area contributed by atoms with E-state index in [1.807, 2.05) is 18.2 Å². The van der Waals surface area contributed by atoms with Gasteiger partial charge in [0, 0.05) is 17.3 Å². The quantitative estimate of drug-likeness (QED) is 0.718. The Kier molecular flexibility index (Phi) is 2.65. The molecule has 2 aromatic heterocycles. The molecule has 3 nitrogen and oxygen atoms in total. The molecule has 2 aromatic rings. The van der Waals surface area contributed by atoms with E-state index in [0.717, 1.165) is 5.69 Å². The van der Waals surface area contributed by atoms with Gasteiger partial charge >= 0.3 is 0 Å². The third-order valence-corrected chi connectivity index (χ3v) is 2.37. The van der Waals surface area contributed by atoms with Crippen molar-refractivity contribution in [3.63, 3.8) is 0 Å². The van der Waals surface area contributed by atoms with Crippen LogP contribution in [0.1, 0.15) is 16.2 Å². The first-order chi connectivity index (χ1) is 6.86. The predicted molar refractivity (Wildman–Crippen MR) is 54.4 cm³/mol. The lowest BCUT2D eigenvalue weighted by atomic mass is 10.2. The average Bonchev–Trinajstić information content (AvgIpc) is 2.72. The lowest BCUT2D eigenvalue weighted by Crippen LogP contribution is -2.04. The van der Waals surface area contributed by atoms with Crippen LogP contribution >= 0.6 is 11.3 Å². The fourth-order valence-corrected chi connectivity index (χ4v) is 1.66. The summed E-state index contributed by atoms with van der Waals surface area (Å²) in [5, 5.41) is 1.76. The molecule has 0 spiro atoms. The van der Waals surface area contributed by atoms with Crippen molar-refractivity contribution in [1.82, 2.24) is 9.97 Å². The van der Waals surface area contributed by atoms with Crippen LogP contribution in [0.25, 0.3) is 0 Å². The lowest BCUT2D eigenvalue weighted by Gasteiger charge is -1.96. The summed E-state index contributed by atoms with van der Waals surface area (Å²) in [6.07, 6.45) is 2.01. The highest BCUT2D eigenvalue weighted by molar-refractivity contribution is 7.07. The molecule has 0 radical (unpaired) electrons. The maximum Gasteiger partial charge on any atom is 0.187 e. The summed E-state index contributed by atoms with van der Waals surface area (Å²) < 4.78 is 0. The van der Waals surface area contributed by atoms with Crippen molar-refractivity contribution in [3.8, 4) is 0 Å². The van der Waals surface area contributed by atoms with Gasteiger partial charge in [0.1, 0.15) is 5.69 Å². The molecule has 0 aliphatic carbocycles. The summed E-state index contributed by atoms with van der Waals surface area (Å²) in [5.41, 5.74) is 2.97. The Hall–Kier alpha value is -1.55. The number of thiazole rings is 1. The van der Waals surface area contributed by atoms with E-state index in [1.54, 1.807) is 17.1 Å². The fourth-order valence-electron chi connectivity index (χ4n) is 1.11. The second-order valence-electron chi connectivity index (χ2n) is 2.79. The minimum absolute atomic E-state index is 0.0185. The van der Waals surface area contributed by atoms with E-state index in [2.05, 4.69) is 9.97 Å². The van der Waals surface area contributed by atoms with Crippen LogP contribution in [0.4, 0.5) is 0 Å². The van der Waals surface area contributed by atoms with Crippen LogP contribution in [0.5, 0.6) is 0 Å². The average molecular weight is 204 g/mol. The van der Waals surface area contributed by atoms with Gasteiger partial charge in [-0.2, -0.15) is 0 Å². The van der Waals surface area contributed by atoms with Gasteiger partial charge in [-0.25, -0.2) is 4.98 Å². The fraction of sp³-hybridized carbons (Fsp3) is 0.100. The highest BCUT2D eigenvalue weighted by atomic mass is 32.1. The smallest absolute Gasteiger partial charge is 0.187 e. The molecule has 0 saturated heterocycles. The molecule has 0 amide bonds. The SMILES string of the molecule is O=C(Cc1ccccn1)c1cscn1. The number of nitrogens with zero attached hydrogens (tertiary/aromatic N) is 2. The van der Waals surface area contributed by atoms with Crippen molar-refractivity contribution in [3.05, 3.63) is 46.7 Å². The first-order valence-corrected chi connectivity index (χ1v) is 5.12. The molecule has 0 N–H and O–H groups in total. The second-order valence-corrected chi connectivity index (χ2v) is 3.51. The normalized spacial score (nSPS) is 10.0. The van der Waals surface area contributed by atoms with Crippen LogP contribution in [-0.4, -0.2) is 15.8 Å². The number of aromatic nitrogens is 2. The maximum absolute atomic E-state index is 11.6. The Bertz CT molecular complexity index is 411. The highest BCUT2D eigenvalue weighted by Gasteiger charge is 2.08. The Morgan fingerprint density at radius 1 is 1.36 bits per heavy atom. The van der Waals surface area contributed by atoms with Crippen molar-refractivity contribution in [2.45, 2.75) is 6.42 Å². The standard InChI is InChI=1S/C10H8N2OS/c13-10(9-6-14-7-12-9)5-8-3-1-2-4-11-8/h1-4,6-7H,5H2. The number of carbonyl (C=O) groups is 1. The number of ketones is 1. The second kappa shape index (κ2) is 4.11. The maximum atomic E-state index is 11.6. The Morgan fingerprint density at radius 3 is 2.93 bits per heavy atom. The molecule has 0 aliphatic heterocycles. The zero-order valence-corrected chi connectivity index (χ0v) is 8.20. The Balaban J connectivity index is 2.10. The van der Waals surface area contributed by atoms with E-state index in [-0.39, 0.29) is 5.78 Å². The van der Waals surface area contributed by atoms with Gasteiger partial charge in [0.05, 0.1) is 11.9 Å². The van der Waals surface area contributed by atoms with Gasteiger partial charge in [-0.1, -0.05) is 6.07 Å². The first-order valence-electron chi connectivity index (χ1n) is 4.17. The van der Waals surface area contributed by atoms with Crippen LogP contribution in [0, 0.1) is 0 Å². The van der Waals surface area contributed by atoms with Crippen molar-refractivity contribution in [2.75, 3.05) is 0 Å². The molecule has 4 heteroatoms. The molecule has 0 aromatic carbocycles. The molecule has 0 atom stereocenters. The molecule has 14 heavy (non-hydrogen) atoms. The number of pyridine rings is 1. The third-order valence-electron chi connectivity index (χ3n) is 1.79. The summed E-state index contributed by atoms with van der Waals surface area (Å²) in [5.74, 6) is 0.0185. The van der Waals surface area contributed by atoms with Crippen LogP contribution < -0.4 is 0 Å². The van der Waals surface area contributed by atoms with Crippen molar-refractivity contribution >= 4 is 17.1 Å². The van der Waals surface area contributed by atoms with Gasteiger partial charge in [0.25, 0.3) is 0 Å². The van der Waals surface area contributed by atoms with E-state index < -0.39 is 0 Å². The number of hydrogen-bond donors (Lipinski definition) is 0. The Labute approximate surface area is 85.5 Å². The highest BCUT2D eigenvalue weighted by Crippen LogP contribution is 2.05. The van der Waals surface area contributed by atoms with E-state index in [1.165, 1.54) is 11.3 Å². The molecule has 2 heterocycles. The molecular formula is C10H8N2OS. The van der Waals surface area contributed by atoms with Gasteiger partial charge < -0.3 is 0 Å². The number of Topliss-reactive ketones (excluding diaryl/α,β-unsaturated/α-hetero) is 1. The van der Waals surface area contributed by atoms with Crippen LogP contribution in [0.2, 0.25) is 0 Å². The predicted octanol–water partition coefficient (Wildman–Crippen LogP) is 1.96. The largest absolute Gasteiger partial charge is 0.292 e. The van der Waals surface area contributed by atoms with Gasteiger partial charge in [-0.15, -0.1) is 11.3 Å². The zero-order valence-electron chi connectivity index (χ0n) is 7.38. The number of rotatable bonds is 3. The molecule has 0 bridgehead atoms. The topological polar surface area (TPSA) is 42.9 Å². The van der Waals surface area contributed by atoms with E-state index >= 15 is 0 Å². The monoisotopic (exact) mass is 204 g/mol. The minimum Gasteiger partial charge on any atom is -0.292 e. The van der Waals surface area contributed by atoms with E-state index in [9.17, 15) is 4.79 Å². The van der Waals surface area contributed by atoms with Gasteiger partial charge in [-0.3, -0.25) is 9.78 Å². The zero-order chi connectivity index (χ0) is 9.80. The van der Waals surface area contributed by atoms with Crippen molar-refractivity contribution in [1.29, 1.82) is 0 Å². The van der Waals surface area contributed by atoms with Crippen LogP contribution in [-0.2, 0) is 6.42 Å². The molecular weight excluding hydrogens is 196 g/mol. The third kappa shape index (κ3) is 2.03. The minimum atomic E-state index is 0.0185. The molecule has 70 valence electrons.